The molecule has 0 unspecified atom stereocenters. The van der Waals surface area contributed by atoms with E-state index in [4.69, 9.17) is 23.7 Å². The van der Waals surface area contributed by atoms with Crippen LogP contribution in [0.4, 0.5) is 0 Å². The molecule has 1 fully saturated rings. The Bertz CT molecular complexity index is 1530. The standard InChI is InChI=1S/C34H28O9/c35-30(23-13-5-1-6-14-23)39-22-29-27(40-31(36)24-15-7-2-8-16-24)21-28(41-32(37)25-17-9-3-10-18-25)34(42-29)43-33(38)26-19-11-4-12-20-26/h1-20,27-29,34H,21-22H2/t27-,28-,29-,34+/m0/s1. The Kier molecular flexibility index (Phi) is 9.56. The van der Waals surface area contributed by atoms with Gasteiger partial charge in [-0.05, 0) is 48.5 Å². The van der Waals surface area contributed by atoms with Crippen LogP contribution < -0.4 is 0 Å². The largest absolute Gasteiger partial charge is 0.459 e. The van der Waals surface area contributed by atoms with Crippen LogP contribution in [-0.4, -0.2) is 55.1 Å². The van der Waals surface area contributed by atoms with E-state index in [0.29, 0.717) is 5.56 Å². The molecule has 1 heterocycles. The number of hydrogen-bond acceptors (Lipinski definition) is 9. The molecule has 5 rings (SSSR count). The van der Waals surface area contributed by atoms with E-state index in [1.807, 2.05) is 0 Å². The molecule has 4 atom stereocenters. The van der Waals surface area contributed by atoms with Crippen LogP contribution in [0.3, 0.4) is 0 Å². The molecule has 1 aliphatic heterocycles. The van der Waals surface area contributed by atoms with E-state index in [1.165, 1.54) is 0 Å². The molecule has 43 heavy (non-hydrogen) atoms. The minimum absolute atomic E-state index is 0.0998. The summed E-state index contributed by atoms with van der Waals surface area (Å²) in [5, 5.41) is 0. The monoisotopic (exact) mass is 580 g/mol. The van der Waals surface area contributed by atoms with Gasteiger partial charge in [0.1, 0.15) is 18.8 Å². The molecule has 0 bridgehead atoms. The summed E-state index contributed by atoms with van der Waals surface area (Å²) in [6, 6.07) is 33.2. The molecule has 1 saturated heterocycles. The van der Waals surface area contributed by atoms with Crippen LogP contribution >= 0.6 is 0 Å². The van der Waals surface area contributed by atoms with Crippen LogP contribution in [0.2, 0.25) is 0 Å². The van der Waals surface area contributed by atoms with Crippen LogP contribution in [0.5, 0.6) is 0 Å². The highest BCUT2D eigenvalue weighted by atomic mass is 16.7. The summed E-state index contributed by atoms with van der Waals surface area (Å²) >= 11 is 0. The highest BCUT2D eigenvalue weighted by Gasteiger charge is 2.45. The van der Waals surface area contributed by atoms with Crippen LogP contribution in [0.25, 0.3) is 0 Å². The van der Waals surface area contributed by atoms with Crippen LogP contribution in [0.1, 0.15) is 47.9 Å². The van der Waals surface area contributed by atoms with Crippen molar-refractivity contribution in [2.24, 2.45) is 0 Å². The van der Waals surface area contributed by atoms with Gasteiger partial charge in [-0.25, -0.2) is 19.2 Å². The minimum Gasteiger partial charge on any atom is -0.459 e. The quantitative estimate of drug-likeness (QED) is 0.193. The molecule has 0 aliphatic carbocycles. The molecule has 0 spiro atoms. The van der Waals surface area contributed by atoms with Gasteiger partial charge in [-0.3, -0.25) is 0 Å². The van der Waals surface area contributed by atoms with Crippen molar-refractivity contribution in [1.82, 2.24) is 0 Å². The van der Waals surface area contributed by atoms with Crippen molar-refractivity contribution in [1.29, 1.82) is 0 Å². The lowest BCUT2D eigenvalue weighted by atomic mass is 10.0. The van der Waals surface area contributed by atoms with Crippen molar-refractivity contribution in [3.8, 4) is 0 Å². The highest BCUT2D eigenvalue weighted by molar-refractivity contribution is 5.91. The van der Waals surface area contributed by atoms with Crippen LogP contribution in [0, 0.1) is 0 Å². The first-order valence-electron chi connectivity index (χ1n) is 13.6. The molecule has 0 aromatic heterocycles. The summed E-state index contributed by atoms with van der Waals surface area (Å²) in [6.07, 6.45) is -4.74. The van der Waals surface area contributed by atoms with Crippen molar-refractivity contribution >= 4 is 23.9 Å². The van der Waals surface area contributed by atoms with E-state index in [9.17, 15) is 19.2 Å². The Morgan fingerprint density at radius 1 is 0.512 bits per heavy atom. The van der Waals surface area contributed by atoms with E-state index in [2.05, 4.69) is 0 Å². The van der Waals surface area contributed by atoms with E-state index in [0.717, 1.165) is 0 Å². The van der Waals surface area contributed by atoms with Gasteiger partial charge in [0.05, 0.1) is 22.3 Å². The molecule has 0 N–H and O–H groups in total. The third kappa shape index (κ3) is 7.72. The fourth-order valence-electron chi connectivity index (χ4n) is 4.44. The Hall–Kier alpha value is -5.28. The third-order valence-electron chi connectivity index (χ3n) is 6.65. The number of carbonyl (C=O) groups excluding carboxylic acids is 4. The first-order chi connectivity index (χ1) is 21.0. The zero-order chi connectivity index (χ0) is 30.0. The van der Waals surface area contributed by atoms with E-state index in [1.54, 1.807) is 121 Å². The number of rotatable bonds is 9. The third-order valence-corrected chi connectivity index (χ3v) is 6.65. The Balaban J connectivity index is 1.40. The molecule has 1 aliphatic rings. The summed E-state index contributed by atoms with van der Waals surface area (Å²) in [5.74, 6) is -2.67. The van der Waals surface area contributed by atoms with Gasteiger partial charge in [-0.15, -0.1) is 0 Å². The second kappa shape index (κ2) is 14.1. The molecule has 9 heteroatoms. The van der Waals surface area contributed by atoms with Crippen LogP contribution in [-0.2, 0) is 23.7 Å². The van der Waals surface area contributed by atoms with Gasteiger partial charge in [-0.2, -0.15) is 0 Å². The highest BCUT2D eigenvalue weighted by Crippen LogP contribution is 2.29. The van der Waals surface area contributed by atoms with Gasteiger partial charge >= 0.3 is 23.9 Å². The van der Waals surface area contributed by atoms with Crippen molar-refractivity contribution in [3.63, 3.8) is 0 Å². The fourth-order valence-corrected chi connectivity index (χ4v) is 4.44. The normalized spacial score (nSPS) is 19.4. The molecule has 9 nitrogen and oxygen atoms in total. The number of hydrogen-bond donors (Lipinski definition) is 0. The maximum Gasteiger partial charge on any atom is 0.340 e. The lowest BCUT2D eigenvalue weighted by Crippen LogP contribution is -2.53. The van der Waals surface area contributed by atoms with Crippen molar-refractivity contribution in [2.75, 3.05) is 6.61 Å². The number of benzene rings is 4. The average Bonchev–Trinajstić information content (AvgIpc) is 3.06. The molecule has 0 saturated carbocycles. The number of carbonyl (C=O) groups is 4. The molecular weight excluding hydrogens is 552 g/mol. The zero-order valence-corrected chi connectivity index (χ0v) is 22.9. The summed E-state index contributed by atoms with van der Waals surface area (Å²) in [4.78, 5) is 51.8. The fraction of sp³-hybridized carbons (Fsp3) is 0.176. The molecular formula is C34H28O9. The topological polar surface area (TPSA) is 114 Å². The van der Waals surface area contributed by atoms with E-state index < -0.39 is 48.5 Å². The summed E-state index contributed by atoms with van der Waals surface area (Å²) < 4.78 is 28.8. The summed E-state index contributed by atoms with van der Waals surface area (Å²) in [6.45, 7) is -0.334. The minimum atomic E-state index is -1.40. The second-order valence-electron chi connectivity index (χ2n) is 9.63. The second-order valence-corrected chi connectivity index (χ2v) is 9.63. The SMILES string of the molecule is O=C(OC[C@@H]1O[C@H](OC(=O)c2ccccc2)[C@@H](OC(=O)c2ccccc2)C[C@@H]1OC(=O)c1ccccc1)c1ccccc1. The smallest absolute Gasteiger partial charge is 0.340 e. The molecule has 4 aromatic carbocycles. The first kappa shape index (κ1) is 29.2. The van der Waals surface area contributed by atoms with Crippen LogP contribution in [0.15, 0.2) is 121 Å². The summed E-state index contributed by atoms with van der Waals surface area (Å²) in [5.41, 5.74) is 1.13. The Labute approximate surface area is 247 Å². The maximum absolute atomic E-state index is 13.0. The van der Waals surface area contributed by atoms with E-state index in [-0.39, 0.29) is 29.7 Å². The van der Waals surface area contributed by atoms with Crippen molar-refractivity contribution in [3.05, 3.63) is 144 Å². The van der Waals surface area contributed by atoms with Gasteiger partial charge in [0.15, 0.2) is 6.10 Å². The molecule has 0 amide bonds. The predicted molar refractivity (Wildman–Crippen MR) is 153 cm³/mol. The van der Waals surface area contributed by atoms with Gasteiger partial charge in [-0.1, -0.05) is 72.8 Å². The van der Waals surface area contributed by atoms with E-state index >= 15 is 0 Å². The lowest BCUT2D eigenvalue weighted by molar-refractivity contribution is -0.250. The van der Waals surface area contributed by atoms with Gasteiger partial charge in [0.25, 0.3) is 0 Å². The Morgan fingerprint density at radius 3 is 1.33 bits per heavy atom. The molecule has 218 valence electrons. The van der Waals surface area contributed by atoms with Gasteiger partial charge < -0.3 is 23.7 Å². The summed E-state index contributed by atoms with van der Waals surface area (Å²) in [7, 11) is 0. The number of esters is 4. The lowest BCUT2D eigenvalue weighted by Gasteiger charge is -2.39. The number of ether oxygens (including phenoxy) is 5. The van der Waals surface area contributed by atoms with Crippen molar-refractivity contribution < 1.29 is 42.9 Å². The molecule has 0 radical (unpaired) electrons. The Morgan fingerprint density at radius 2 is 0.884 bits per heavy atom. The van der Waals surface area contributed by atoms with Gasteiger partial charge in [0.2, 0.25) is 6.29 Å². The maximum atomic E-state index is 13.0. The van der Waals surface area contributed by atoms with Crippen molar-refractivity contribution in [2.45, 2.75) is 31.0 Å². The predicted octanol–water partition coefficient (Wildman–Crippen LogP) is 5.27. The van der Waals surface area contributed by atoms with Gasteiger partial charge in [0, 0.05) is 6.42 Å². The zero-order valence-electron chi connectivity index (χ0n) is 22.9. The average molecular weight is 581 g/mol. The first-order valence-corrected chi connectivity index (χ1v) is 13.6. The molecule has 4 aromatic rings.